The Morgan fingerprint density at radius 3 is 2.86 bits per heavy atom. The summed E-state index contributed by atoms with van der Waals surface area (Å²) >= 11 is 0. The molecule has 3 aromatic rings. The van der Waals surface area contributed by atoms with E-state index >= 15 is 0 Å². The number of H-pyrrole nitrogens is 1. The number of nitrogens with zero attached hydrogens (tertiary/aromatic N) is 3. The Balaban J connectivity index is 1.63. The number of ether oxygens (including phenoxy) is 1. The van der Waals surface area contributed by atoms with Crippen LogP contribution in [-0.2, 0) is 6.54 Å². The highest BCUT2D eigenvalue weighted by Crippen LogP contribution is 2.34. The molecule has 1 atom stereocenters. The summed E-state index contributed by atoms with van der Waals surface area (Å²) in [5.41, 5.74) is 3.30. The summed E-state index contributed by atoms with van der Waals surface area (Å²) in [6.45, 7) is 8.35. The number of fused-ring (bicyclic) bond motifs is 1. The maximum Gasteiger partial charge on any atom is 0.272 e. The quantitative estimate of drug-likeness (QED) is 0.726. The van der Waals surface area contributed by atoms with Crippen LogP contribution in [0.3, 0.4) is 0 Å². The summed E-state index contributed by atoms with van der Waals surface area (Å²) in [6, 6.07) is 13.8. The van der Waals surface area contributed by atoms with Crippen LogP contribution < -0.4 is 4.74 Å². The number of aromatic amines is 1. The molecule has 146 valence electrons. The maximum absolute atomic E-state index is 13.3. The van der Waals surface area contributed by atoms with E-state index in [9.17, 15) is 4.79 Å². The van der Waals surface area contributed by atoms with Gasteiger partial charge in [0.15, 0.2) is 0 Å². The van der Waals surface area contributed by atoms with Crippen LogP contribution in [0.1, 0.15) is 43.0 Å². The van der Waals surface area contributed by atoms with Gasteiger partial charge in [-0.15, -0.1) is 0 Å². The molecule has 6 nitrogen and oxygen atoms in total. The summed E-state index contributed by atoms with van der Waals surface area (Å²) in [5, 5.41) is 7.34. The third-order valence-corrected chi connectivity index (χ3v) is 5.25. The van der Waals surface area contributed by atoms with Crippen LogP contribution in [0.4, 0.5) is 0 Å². The normalized spacial score (nSPS) is 16.3. The third-order valence-electron chi connectivity index (χ3n) is 5.25. The lowest BCUT2D eigenvalue weighted by molar-refractivity contribution is 0.0550. The van der Waals surface area contributed by atoms with Crippen molar-refractivity contribution in [1.82, 2.24) is 19.7 Å². The van der Waals surface area contributed by atoms with E-state index in [0.29, 0.717) is 30.5 Å². The van der Waals surface area contributed by atoms with Crippen LogP contribution in [0.25, 0.3) is 11.3 Å². The van der Waals surface area contributed by atoms with Gasteiger partial charge in [0.05, 0.1) is 18.3 Å². The van der Waals surface area contributed by atoms with E-state index in [1.165, 1.54) is 5.69 Å². The average molecular weight is 378 g/mol. The van der Waals surface area contributed by atoms with Gasteiger partial charge in [0, 0.05) is 30.5 Å². The molecule has 0 saturated heterocycles. The van der Waals surface area contributed by atoms with Crippen molar-refractivity contribution in [1.29, 1.82) is 0 Å². The lowest BCUT2D eigenvalue weighted by atomic mass is 9.96. The highest BCUT2D eigenvalue weighted by Gasteiger charge is 2.34. The molecule has 1 N–H and O–H groups in total. The summed E-state index contributed by atoms with van der Waals surface area (Å²) < 4.78 is 7.95. The molecule has 0 bridgehead atoms. The molecule has 2 aromatic heterocycles. The van der Waals surface area contributed by atoms with Gasteiger partial charge in [-0.1, -0.05) is 26.0 Å². The van der Waals surface area contributed by atoms with Crippen molar-refractivity contribution < 1.29 is 9.53 Å². The number of nitrogens with one attached hydrogen (secondary N) is 1. The lowest BCUT2D eigenvalue weighted by Gasteiger charge is -2.39. The van der Waals surface area contributed by atoms with Crippen molar-refractivity contribution in [2.45, 2.75) is 33.4 Å². The fraction of sp³-hybridized carbons (Fsp3) is 0.364. The average Bonchev–Trinajstić information content (AvgIpc) is 3.36. The molecule has 1 aliphatic rings. The van der Waals surface area contributed by atoms with E-state index < -0.39 is 0 Å². The highest BCUT2D eigenvalue weighted by molar-refractivity contribution is 5.94. The fourth-order valence-electron chi connectivity index (χ4n) is 4.03. The zero-order valence-corrected chi connectivity index (χ0v) is 16.6. The van der Waals surface area contributed by atoms with Crippen molar-refractivity contribution in [2.75, 3.05) is 13.2 Å². The Kier molecular flexibility index (Phi) is 4.94. The second kappa shape index (κ2) is 7.54. The zero-order chi connectivity index (χ0) is 19.7. The van der Waals surface area contributed by atoms with Gasteiger partial charge in [-0.25, -0.2) is 0 Å². The van der Waals surface area contributed by atoms with Gasteiger partial charge in [-0.3, -0.25) is 9.89 Å². The summed E-state index contributed by atoms with van der Waals surface area (Å²) in [4.78, 5) is 15.3. The molecule has 0 radical (unpaired) electrons. The largest absolute Gasteiger partial charge is 0.493 e. The minimum atomic E-state index is -0.0150. The number of amides is 1. The van der Waals surface area contributed by atoms with Crippen molar-refractivity contribution >= 4 is 5.91 Å². The van der Waals surface area contributed by atoms with Crippen LogP contribution in [0.2, 0.25) is 0 Å². The topological polar surface area (TPSA) is 63.1 Å². The number of carbonyl (C=O) groups is 1. The monoisotopic (exact) mass is 378 g/mol. The smallest absolute Gasteiger partial charge is 0.272 e. The van der Waals surface area contributed by atoms with Gasteiger partial charge in [-0.05, 0) is 43.2 Å². The van der Waals surface area contributed by atoms with E-state index in [1.54, 1.807) is 0 Å². The Labute approximate surface area is 165 Å². The number of para-hydroxylation sites is 1. The van der Waals surface area contributed by atoms with Gasteiger partial charge >= 0.3 is 0 Å². The number of benzene rings is 1. The van der Waals surface area contributed by atoms with Gasteiger partial charge in [0.25, 0.3) is 5.91 Å². The van der Waals surface area contributed by atoms with Crippen LogP contribution in [0, 0.1) is 5.92 Å². The second-order valence-corrected chi connectivity index (χ2v) is 7.41. The molecule has 3 heterocycles. The van der Waals surface area contributed by atoms with E-state index in [4.69, 9.17) is 4.74 Å². The molecule has 1 aromatic carbocycles. The van der Waals surface area contributed by atoms with Crippen LogP contribution in [-0.4, -0.2) is 38.7 Å². The first-order valence-corrected chi connectivity index (χ1v) is 9.83. The standard InChI is InChI=1S/C22H26N4O2/c1-4-28-20-10-6-5-8-16(20)17-14-18(24-23-17)22(27)26-13-12-25-11-7-9-19(25)21(26)15(2)3/h5-11,14-15,21H,4,12-13H2,1-3H3,(H,23,24). The number of aromatic nitrogens is 3. The first-order valence-electron chi connectivity index (χ1n) is 9.83. The number of rotatable bonds is 5. The summed E-state index contributed by atoms with van der Waals surface area (Å²) in [7, 11) is 0. The molecular formula is C22H26N4O2. The first-order chi connectivity index (χ1) is 13.6. The Morgan fingerprint density at radius 1 is 1.25 bits per heavy atom. The zero-order valence-electron chi connectivity index (χ0n) is 16.6. The molecule has 0 saturated carbocycles. The van der Waals surface area contributed by atoms with E-state index in [2.05, 4.69) is 46.9 Å². The molecule has 0 fully saturated rings. The molecule has 0 aliphatic carbocycles. The van der Waals surface area contributed by atoms with Crippen molar-refractivity contribution in [3.8, 4) is 17.0 Å². The van der Waals surface area contributed by atoms with Gasteiger partial charge in [0.2, 0.25) is 0 Å². The highest BCUT2D eigenvalue weighted by atomic mass is 16.5. The van der Waals surface area contributed by atoms with Gasteiger partial charge < -0.3 is 14.2 Å². The first kappa shape index (κ1) is 18.3. The van der Waals surface area contributed by atoms with Gasteiger partial charge in [0.1, 0.15) is 11.4 Å². The molecule has 1 aliphatic heterocycles. The van der Waals surface area contributed by atoms with Crippen LogP contribution in [0.15, 0.2) is 48.7 Å². The summed E-state index contributed by atoms with van der Waals surface area (Å²) in [6.07, 6.45) is 2.09. The molecule has 4 rings (SSSR count). The number of hydrogen-bond acceptors (Lipinski definition) is 3. The second-order valence-electron chi connectivity index (χ2n) is 7.41. The molecule has 6 heteroatoms. The molecular weight excluding hydrogens is 352 g/mol. The molecule has 28 heavy (non-hydrogen) atoms. The Hall–Kier alpha value is -3.02. The van der Waals surface area contributed by atoms with Crippen LogP contribution >= 0.6 is 0 Å². The van der Waals surface area contributed by atoms with Crippen molar-refractivity contribution in [2.24, 2.45) is 5.92 Å². The summed E-state index contributed by atoms with van der Waals surface area (Å²) in [5.74, 6) is 1.07. The van der Waals surface area contributed by atoms with Crippen molar-refractivity contribution in [3.05, 3.63) is 60.0 Å². The molecule has 1 amide bonds. The van der Waals surface area contributed by atoms with Crippen molar-refractivity contribution in [3.63, 3.8) is 0 Å². The van der Waals surface area contributed by atoms with Crippen LogP contribution in [0.5, 0.6) is 5.75 Å². The molecule has 0 spiro atoms. The predicted molar refractivity (Wildman–Crippen MR) is 108 cm³/mol. The Bertz CT molecular complexity index is 972. The van der Waals surface area contributed by atoms with E-state index in [-0.39, 0.29) is 11.9 Å². The maximum atomic E-state index is 13.3. The fourth-order valence-corrected chi connectivity index (χ4v) is 4.03. The number of hydrogen-bond donors (Lipinski definition) is 1. The van der Waals surface area contributed by atoms with Gasteiger partial charge in [-0.2, -0.15) is 5.10 Å². The SMILES string of the molecule is CCOc1ccccc1-c1cc(C(=O)N2CCn3cccc3C2C(C)C)[nH]n1. The Morgan fingerprint density at radius 2 is 2.07 bits per heavy atom. The lowest BCUT2D eigenvalue weighted by Crippen LogP contribution is -2.44. The van der Waals surface area contributed by atoms with E-state index in [0.717, 1.165) is 17.9 Å². The van der Waals surface area contributed by atoms with E-state index in [1.807, 2.05) is 42.2 Å². The molecule has 1 unspecified atom stereocenters. The number of carbonyl (C=O) groups excluding carboxylic acids is 1. The predicted octanol–water partition coefficient (Wildman–Crippen LogP) is 4.13. The minimum absolute atomic E-state index is 0.0150. The minimum Gasteiger partial charge on any atom is -0.493 e. The third kappa shape index (κ3) is 3.19.